The van der Waals surface area contributed by atoms with Crippen LogP contribution in [-0.4, -0.2) is 14.1 Å². The van der Waals surface area contributed by atoms with Crippen molar-refractivity contribution in [2.45, 2.75) is 6.92 Å². The van der Waals surface area contributed by atoms with E-state index >= 15 is 0 Å². The van der Waals surface area contributed by atoms with Gasteiger partial charge >= 0.3 is 0 Å². The van der Waals surface area contributed by atoms with Crippen molar-refractivity contribution in [2.24, 2.45) is 0 Å². The van der Waals surface area contributed by atoms with Gasteiger partial charge in [-0.1, -0.05) is 0 Å². The van der Waals surface area contributed by atoms with E-state index < -0.39 is 0 Å². The first-order chi connectivity index (χ1) is 4.20. The van der Waals surface area contributed by atoms with Crippen LogP contribution >= 0.6 is 11.3 Å². The molecule has 1 nitrogen and oxygen atoms in total. The Labute approximate surface area is 59.9 Å². The Kier molecular flexibility index (Phi) is 1.76. The van der Waals surface area contributed by atoms with E-state index in [1.807, 2.05) is 11.3 Å². The molecule has 0 unspecified atom stereocenters. The second-order valence-electron chi connectivity index (χ2n) is 2.28. The third-order valence-corrected chi connectivity index (χ3v) is 2.34. The van der Waals surface area contributed by atoms with Gasteiger partial charge in [0.05, 0.1) is 5.00 Å². The molecule has 0 radical (unpaired) electrons. The highest BCUT2D eigenvalue weighted by atomic mass is 32.1. The highest BCUT2D eigenvalue weighted by molar-refractivity contribution is 7.16. The zero-order valence-electron chi connectivity index (χ0n) is 6.01. The molecule has 0 saturated carbocycles. The second kappa shape index (κ2) is 2.40. The minimum atomic E-state index is 1.33. The number of aryl methyl sites for hydroxylation is 1. The molecule has 0 fully saturated rings. The molecular weight excluding hydrogens is 130 g/mol. The molecule has 0 aliphatic carbocycles. The van der Waals surface area contributed by atoms with Gasteiger partial charge in [0.15, 0.2) is 0 Å². The molecule has 0 N–H and O–H groups in total. The summed E-state index contributed by atoms with van der Waals surface area (Å²) in [5, 5.41) is 1.33. The summed E-state index contributed by atoms with van der Waals surface area (Å²) in [4.78, 5) is 3.50. The van der Waals surface area contributed by atoms with E-state index in [0.717, 1.165) is 0 Å². The largest absolute Gasteiger partial charge is 0.370 e. The van der Waals surface area contributed by atoms with Crippen molar-refractivity contribution in [1.29, 1.82) is 0 Å². The first-order valence-electron chi connectivity index (χ1n) is 2.94. The highest BCUT2D eigenvalue weighted by Gasteiger charge is 1.95. The van der Waals surface area contributed by atoms with Crippen LogP contribution < -0.4 is 4.90 Å². The third kappa shape index (κ3) is 1.45. The van der Waals surface area contributed by atoms with E-state index in [-0.39, 0.29) is 0 Å². The van der Waals surface area contributed by atoms with Gasteiger partial charge in [0.1, 0.15) is 0 Å². The van der Waals surface area contributed by atoms with Crippen LogP contribution in [0.15, 0.2) is 12.1 Å². The molecule has 0 atom stereocenters. The molecule has 0 amide bonds. The Bertz CT molecular complexity index is 191. The lowest BCUT2D eigenvalue weighted by molar-refractivity contribution is 1.16. The summed E-state index contributed by atoms with van der Waals surface area (Å²) >= 11 is 1.82. The maximum atomic E-state index is 2.14. The molecule has 1 rings (SSSR count). The van der Waals surface area contributed by atoms with Gasteiger partial charge < -0.3 is 4.90 Å². The van der Waals surface area contributed by atoms with E-state index in [2.05, 4.69) is 38.1 Å². The van der Waals surface area contributed by atoms with Gasteiger partial charge in [-0.05, 0) is 19.1 Å². The topological polar surface area (TPSA) is 3.24 Å². The third-order valence-electron chi connectivity index (χ3n) is 1.17. The van der Waals surface area contributed by atoms with Crippen molar-refractivity contribution in [1.82, 2.24) is 0 Å². The van der Waals surface area contributed by atoms with Crippen LogP contribution in [0.4, 0.5) is 5.00 Å². The lowest BCUT2D eigenvalue weighted by atomic mass is 10.5. The fourth-order valence-electron chi connectivity index (χ4n) is 0.662. The van der Waals surface area contributed by atoms with Crippen LogP contribution in [0.2, 0.25) is 0 Å². The summed E-state index contributed by atoms with van der Waals surface area (Å²) in [6, 6.07) is 4.28. The van der Waals surface area contributed by atoms with Gasteiger partial charge in [-0.25, -0.2) is 0 Å². The Hall–Kier alpha value is -0.500. The van der Waals surface area contributed by atoms with Crippen molar-refractivity contribution in [2.75, 3.05) is 19.0 Å². The summed E-state index contributed by atoms with van der Waals surface area (Å²) in [6.45, 7) is 2.12. The van der Waals surface area contributed by atoms with Crippen molar-refractivity contribution in [3.05, 3.63) is 17.0 Å². The molecule has 0 saturated heterocycles. The van der Waals surface area contributed by atoms with Crippen LogP contribution in [0.25, 0.3) is 0 Å². The predicted molar refractivity (Wildman–Crippen MR) is 43.4 cm³/mol. The molecule has 0 bridgehead atoms. The average Bonchev–Trinajstić information content (AvgIpc) is 2.14. The van der Waals surface area contributed by atoms with E-state index in [1.165, 1.54) is 9.88 Å². The van der Waals surface area contributed by atoms with E-state index in [1.54, 1.807) is 0 Å². The molecule has 0 aliphatic rings. The van der Waals surface area contributed by atoms with Crippen LogP contribution in [0, 0.1) is 6.92 Å². The van der Waals surface area contributed by atoms with Crippen molar-refractivity contribution in [3.63, 3.8) is 0 Å². The zero-order chi connectivity index (χ0) is 6.85. The smallest absolute Gasteiger partial charge is 0.0906 e. The van der Waals surface area contributed by atoms with Crippen LogP contribution in [0.1, 0.15) is 4.88 Å². The molecule has 0 aliphatic heterocycles. The average molecular weight is 141 g/mol. The molecule has 9 heavy (non-hydrogen) atoms. The standard InChI is InChI=1S/C7H11NS/c1-6-4-5-7(9-6)8(2)3/h4-5H,1-3H3. The molecule has 50 valence electrons. The number of thiophene rings is 1. The highest BCUT2D eigenvalue weighted by Crippen LogP contribution is 2.22. The fraction of sp³-hybridized carbons (Fsp3) is 0.429. The minimum absolute atomic E-state index is 1.33. The van der Waals surface area contributed by atoms with E-state index in [9.17, 15) is 0 Å². The Morgan fingerprint density at radius 2 is 2.00 bits per heavy atom. The number of hydrogen-bond donors (Lipinski definition) is 0. The van der Waals surface area contributed by atoms with Gasteiger partial charge in [0.25, 0.3) is 0 Å². The maximum absolute atomic E-state index is 2.14. The Morgan fingerprint density at radius 3 is 2.22 bits per heavy atom. The molecule has 0 aromatic carbocycles. The predicted octanol–water partition coefficient (Wildman–Crippen LogP) is 2.12. The van der Waals surface area contributed by atoms with Crippen LogP contribution in [-0.2, 0) is 0 Å². The lowest BCUT2D eigenvalue weighted by Gasteiger charge is -2.06. The van der Waals surface area contributed by atoms with Crippen molar-refractivity contribution in [3.8, 4) is 0 Å². The Balaban J connectivity index is 2.85. The quantitative estimate of drug-likeness (QED) is 0.579. The SMILES string of the molecule is Cc1ccc(N(C)C)s1. The summed E-state index contributed by atoms with van der Waals surface area (Å²) in [5.41, 5.74) is 0. The number of hydrogen-bond acceptors (Lipinski definition) is 2. The van der Waals surface area contributed by atoms with Gasteiger partial charge in [0.2, 0.25) is 0 Å². The van der Waals surface area contributed by atoms with Crippen molar-refractivity contribution < 1.29 is 0 Å². The van der Waals surface area contributed by atoms with E-state index in [0.29, 0.717) is 0 Å². The molecule has 1 aromatic rings. The van der Waals surface area contributed by atoms with Crippen LogP contribution in [0.5, 0.6) is 0 Å². The summed E-state index contributed by atoms with van der Waals surface area (Å²) in [7, 11) is 4.12. The van der Waals surface area contributed by atoms with Gasteiger partial charge in [-0.3, -0.25) is 0 Å². The second-order valence-corrected chi connectivity index (χ2v) is 3.55. The molecular formula is C7H11NS. The minimum Gasteiger partial charge on any atom is -0.370 e. The molecule has 1 aromatic heterocycles. The van der Waals surface area contributed by atoms with Crippen LogP contribution in [0.3, 0.4) is 0 Å². The number of anilines is 1. The first-order valence-corrected chi connectivity index (χ1v) is 3.75. The summed E-state index contributed by atoms with van der Waals surface area (Å²) in [5.74, 6) is 0. The van der Waals surface area contributed by atoms with Gasteiger partial charge in [-0.15, -0.1) is 11.3 Å². The summed E-state index contributed by atoms with van der Waals surface area (Å²) < 4.78 is 0. The molecule has 0 spiro atoms. The molecule has 1 heterocycles. The molecule has 2 heteroatoms. The monoisotopic (exact) mass is 141 g/mol. The zero-order valence-corrected chi connectivity index (χ0v) is 6.83. The normalized spacial score (nSPS) is 9.67. The van der Waals surface area contributed by atoms with Gasteiger partial charge in [-0.2, -0.15) is 0 Å². The summed E-state index contributed by atoms with van der Waals surface area (Å²) in [6.07, 6.45) is 0. The number of rotatable bonds is 1. The van der Waals surface area contributed by atoms with Gasteiger partial charge in [0, 0.05) is 19.0 Å². The first kappa shape index (κ1) is 6.62. The number of nitrogens with zero attached hydrogens (tertiary/aromatic N) is 1. The van der Waals surface area contributed by atoms with Crippen molar-refractivity contribution >= 4 is 16.3 Å². The lowest BCUT2D eigenvalue weighted by Crippen LogP contribution is -2.05. The van der Waals surface area contributed by atoms with E-state index in [4.69, 9.17) is 0 Å². The fourth-order valence-corrected chi connectivity index (χ4v) is 1.45. The Morgan fingerprint density at radius 1 is 1.33 bits per heavy atom. The maximum Gasteiger partial charge on any atom is 0.0906 e.